The van der Waals surface area contributed by atoms with Gasteiger partial charge in [0.1, 0.15) is 24.3 Å². The number of halogens is 1. The highest BCUT2D eigenvalue weighted by Gasteiger charge is 2.16. The van der Waals surface area contributed by atoms with E-state index in [-0.39, 0.29) is 5.92 Å². The third-order valence-corrected chi connectivity index (χ3v) is 3.40. The zero-order valence-electron chi connectivity index (χ0n) is 10.6. The van der Waals surface area contributed by atoms with Crippen molar-refractivity contribution in [2.45, 2.75) is 18.8 Å². The topological polar surface area (TPSA) is 83.1 Å². The van der Waals surface area contributed by atoms with E-state index in [4.69, 9.17) is 11.6 Å². The van der Waals surface area contributed by atoms with E-state index in [2.05, 4.69) is 30.4 Å². The molecule has 1 aromatic carbocycles. The summed E-state index contributed by atoms with van der Waals surface area (Å²) in [5.41, 5.74) is 1.18. The van der Waals surface area contributed by atoms with Crippen LogP contribution in [0, 0.1) is 0 Å². The fraction of sp³-hybridized carbons (Fsp3) is 0.231. The summed E-state index contributed by atoms with van der Waals surface area (Å²) >= 11 is 5.94. The average molecular weight is 289 g/mol. The third-order valence-electron chi connectivity index (χ3n) is 3.15. The molecule has 0 aliphatic carbocycles. The Hall–Kier alpha value is -2.21. The first-order chi connectivity index (χ1) is 9.81. The van der Waals surface area contributed by atoms with Crippen LogP contribution in [-0.2, 0) is 12.8 Å². The van der Waals surface area contributed by atoms with E-state index in [0.717, 1.165) is 29.5 Å². The molecule has 7 heteroatoms. The van der Waals surface area contributed by atoms with Crippen LogP contribution in [0.3, 0.4) is 0 Å². The molecule has 0 amide bonds. The van der Waals surface area contributed by atoms with Crippen LogP contribution in [-0.4, -0.2) is 30.4 Å². The van der Waals surface area contributed by atoms with Gasteiger partial charge in [0.15, 0.2) is 0 Å². The second-order valence-electron chi connectivity index (χ2n) is 4.52. The van der Waals surface area contributed by atoms with Crippen LogP contribution in [0.4, 0.5) is 0 Å². The number of benzene rings is 1. The van der Waals surface area contributed by atoms with Gasteiger partial charge in [-0.05, 0) is 23.6 Å². The van der Waals surface area contributed by atoms with E-state index in [9.17, 15) is 0 Å². The van der Waals surface area contributed by atoms with Gasteiger partial charge >= 0.3 is 0 Å². The van der Waals surface area contributed by atoms with Gasteiger partial charge in [0.2, 0.25) is 0 Å². The summed E-state index contributed by atoms with van der Waals surface area (Å²) in [5, 5.41) is 14.3. The first kappa shape index (κ1) is 12.8. The number of hydrogen-bond donors (Lipinski definition) is 2. The number of hydrogen-bond acceptors (Lipinski definition) is 4. The van der Waals surface area contributed by atoms with Crippen molar-refractivity contribution in [3.63, 3.8) is 0 Å². The molecule has 0 radical (unpaired) electrons. The highest BCUT2D eigenvalue weighted by Crippen LogP contribution is 2.24. The average Bonchev–Trinajstić information content (AvgIpc) is 3.12. The lowest BCUT2D eigenvalue weighted by atomic mass is 9.92. The monoisotopic (exact) mass is 288 g/mol. The van der Waals surface area contributed by atoms with Crippen LogP contribution in [0.25, 0.3) is 0 Å². The molecule has 6 nitrogen and oxygen atoms in total. The third kappa shape index (κ3) is 3.03. The van der Waals surface area contributed by atoms with Crippen molar-refractivity contribution in [1.82, 2.24) is 30.4 Å². The van der Waals surface area contributed by atoms with Gasteiger partial charge in [-0.1, -0.05) is 23.7 Å². The Balaban J connectivity index is 1.84. The van der Waals surface area contributed by atoms with Gasteiger partial charge < -0.3 is 0 Å². The smallest absolute Gasteiger partial charge is 0.137 e. The second-order valence-corrected chi connectivity index (χ2v) is 4.96. The number of aromatic amines is 2. The van der Waals surface area contributed by atoms with Crippen molar-refractivity contribution in [3.8, 4) is 0 Å². The van der Waals surface area contributed by atoms with E-state index in [1.54, 1.807) is 0 Å². The Kier molecular flexibility index (Phi) is 3.73. The molecule has 0 saturated heterocycles. The van der Waals surface area contributed by atoms with Crippen LogP contribution >= 0.6 is 11.6 Å². The molecule has 0 atom stereocenters. The first-order valence-corrected chi connectivity index (χ1v) is 6.63. The van der Waals surface area contributed by atoms with Gasteiger partial charge in [-0.2, -0.15) is 10.2 Å². The van der Waals surface area contributed by atoms with Crippen LogP contribution in [0.15, 0.2) is 36.9 Å². The van der Waals surface area contributed by atoms with Crippen LogP contribution in [0.2, 0.25) is 5.02 Å². The maximum atomic E-state index is 5.94. The fourth-order valence-corrected chi connectivity index (χ4v) is 2.29. The van der Waals surface area contributed by atoms with Gasteiger partial charge in [0.05, 0.1) is 0 Å². The molecule has 0 unspecified atom stereocenters. The maximum absolute atomic E-state index is 5.94. The van der Waals surface area contributed by atoms with Gasteiger partial charge in [0, 0.05) is 17.9 Å². The fourth-order valence-electron chi connectivity index (χ4n) is 2.17. The molecule has 2 heterocycles. The van der Waals surface area contributed by atoms with Crippen LogP contribution < -0.4 is 0 Å². The van der Waals surface area contributed by atoms with Gasteiger partial charge in [-0.15, -0.1) is 0 Å². The quantitative estimate of drug-likeness (QED) is 0.753. The number of nitrogens with zero attached hydrogens (tertiary/aromatic N) is 4. The summed E-state index contributed by atoms with van der Waals surface area (Å²) in [6.45, 7) is 0. The van der Waals surface area contributed by atoms with E-state index in [1.807, 2.05) is 24.3 Å². The largest absolute Gasteiger partial charge is 0.263 e. The molecule has 0 saturated carbocycles. The lowest BCUT2D eigenvalue weighted by Gasteiger charge is -2.14. The van der Waals surface area contributed by atoms with Crippen molar-refractivity contribution >= 4 is 11.6 Å². The second kappa shape index (κ2) is 5.83. The summed E-state index contributed by atoms with van der Waals surface area (Å²) in [6.07, 6.45) is 4.54. The lowest BCUT2D eigenvalue weighted by Crippen LogP contribution is -2.09. The van der Waals surface area contributed by atoms with E-state index in [0.29, 0.717) is 0 Å². The van der Waals surface area contributed by atoms with Gasteiger partial charge in [-0.3, -0.25) is 10.2 Å². The molecule has 0 bridgehead atoms. The SMILES string of the molecule is Clc1ccc(C(Cc2ncn[nH]2)Cc2ncn[nH]2)cc1. The molecule has 2 N–H and O–H groups in total. The normalized spacial score (nSPS) is 11.1. The lowest BCUT2D eigenvalue weighted by molar-refractivity contribution is 0.634. The zero-order valence-corrected chi connectivity index (χ0v) is 11.4. The minimum atomic E-state index is 0.230. The van der Waals surface area contributed by atoms with Crippen LogP contribution in [0.1, 0.15) is 23.1 Å². The number of rotatable bonds is 5. The Bertz CT molecular complexity index is 596. The summed E-state index contributed by atoms with van der Waals surface area (Å²) in [6, 6.07) is 7.84. The number of H-pyrrole nitrogens is 2. The van der Waals surface area contributed by atoms with E-state index in [1.165, 1.54) is 18.2 Å². The highest BCUT2D eigenvalue weighted by molar-refractivity contribution is 6.30. The summed E-state index contributed by atoms with van der Waals surface area (Å²) in [7, 11) is 0. The van der Waals surface area contributed by atoms with Crippen molar-refractivity contribution in [1.29, 1.82) is 0 Å². The molecule has 2 aromatic heterocycles. The molecular weight excluding hydrogens is 276 g/mol. The Morgan fingerprint density at radius 1 is 0.900 bits per heavy atom. The molecule has 3 rings (SSSR count). The Morgan fingerprint density at radius 2 is 1.45 bits per heavy atom. The Morgan fingerprint density at radius 3 is 1.90 bits per heavy atom. The highest BCUT2D eigenvalue weighted by atomic mass is 35.5. The first-order valence-electron chi connectivity index (χ1n) is 6.25. The molecule has 0 aliphatic heterocycles. The molecule has 0 spiro atoms. The number of aromatic nitrogens is 6. The summed E-state index contributed by atoms with van der Waals surface area (Å²) < 4.78 is 0. The van der Waals surface area contributed by atoms with E-state index < -0.39 is 0 Å². The molecule has 102 valence electrons. The molecule has 0 aliphatic rings. The molecule has 20 heavy (non-hydrogen) atoms. The number of nitrogens with one attached hydrogen (secondary N) is 2. The van der Waals surface area contributed by atoms with Crippen molar-refractivity contribution in [2.75, 3.05) is 0 Å². The van der Waals surface area contributed by atoms with Gasteiger partial charge in [0.25, 0.3) is 0 Å². The molecule has 3 aromatic rings. The predicted octanol–water partition coefficient (Wildman–Crippen LogP) is 2.15. The maximum Gasteiger partial charge on any atom is 0.137 e. The van der Waals surface area contributed by atoms with Crippen molar-refractivity contribution in [2.24, 2.45) is 0 Å². The van der Waals surface area contributed by atoms with Crippen molar-refractivity contribution in [3.05, 3.63) is 59.2 Å². The molecule has 0 fully saturated rings. The van der Waals surface area contributed by atoms with Crippen LogP contribution in [0.5, 0.6) is 0 Å². The standard InChI is InChI=1S/C13H13ClN6/c14-11-3-1-9(2-4-11)10(5-12-15-7-17-19-12)6-13-16-8-18-20-13/h1-4,7-8,10H,5-6H2,(H,15,17,19)(H,16,18,20). The zero-order chi connectivity index (χ0) is 13.8. The van der Waals surface area contributed by atoms with Gasteiger partial charge in [-0.25, -0.2) is 9.97 Å². The van der Waals surface area contributed by atoms with Crippen molar-refractivity contribution < 1.29 is 0 Å². The summed E-state index contributed by atoms with van der Waals surface area (Å²) in [5.74, 6) is 1.93. The minimum Gasteiger partial charge on any atom is -0.263 e. The Labute approximate surface area is 120 Å². The molecular formula is C13H13ClN6. The summed E-state index contributed by atoms with van der Waals surface area (Å²) in [4.78, 5) is 8.38. The van der Waals surface area contributed by atoms with E-state index >= 15 is 0 Å². The predicted molar refractivity (Wildman–Crippen MR) is 74.4 cm³/mol. The minimum absolute atomic E-state index is 0.230.